The number of carbonyl (C=O) groups is 1. The van der Waals surface area contributed by atoms with Gasteiger partial charge in [0.2, 0.25) is 0 Å². The minimum atomic E-state index is -2.31. The van der Waals surface area contributed by atoms with Crippen LogP contribution >= 0.6 is 0 Å². The Labute approximate surface area is 148 Å². The number of nitrogens with one attached hydrogen (secondary N) is 1. The van der Waals surface area contributed by atoms with Crippen molar-refractivity contribution in [2.75, 3.05) is 0 Å². The molecule has 0 aliphatic heterocycles. The van der Waals surface area contributed by atoms with Crippen molar-refractivity contribution >= 4 is 12.2 Å². The van der Waals surface area contributed by atoms with Crippen LogP contribution < -0.4 is 40.1 Å². The Morgan fingerprint density at radius 3 is 2.41 bits per heavy atom. The Kier molecular flexibility index (Phi) is 10.1. The van der Waals surface area contributed by atoms with Crippen LogP contribution in [0.4, 0.5) is 0 Å². The van der Waals surface area contributed by atoms with Crippen LogP contribution in [0.25, 0.3) is 0 Å². The van der Waals surface area contributed by atoms with Gasteiger partial charge in [-0.2, -0.15) is 5.10 Å². The van der Waals surface area contributed by atoms with Gasteiger partial charge in [-0.15, -0.1) is 0 Å². The number of rotatable bonds is 8. The Balaban J connectivity index is 0.00000441. The summed E-state index contributed by atoms with van der Waals surface area (Å²) in [5, 5.41) is 51.1. The van der Waals surface area contributed by atoms with Crippen molar-refractivity contribution in [2.24, 2.45) is 5.10 Å². The number of hydrogen-bond donors (Lipinski definition) is 5. The first-order chi connectivity index (χ1) is 9.93. The van der Waals surface area contributed by atoms with E-state index < -0.39 is 30.4 Å². The summed E-state index contributed by atoms with van der Waals surface area (Å²) in [6, 6.07) is 3.49. The Morgan fingerprint density at radius 2 is 1.86 bits per heavy atom. The summed E-state index contributed by atoms with van der Waals surface area (Å²) < 4.78 is 0. The molecule has 0 bridgehead atoms. The van der Waals surface area contributed by atoms with E-state index in [-0.39, 0.29) is 29.6 Å². The van der Waals surface area contributed by atoms with Crippen molar-refractivity contribution in [3.63, 3.8) is 0 Å². The average Bonchev–Trinajstić information content (AvgIpc) is 2.50. The van der Waals surface area contributed by atoms with Crippen LogP contribution in [0, 0.1) is 0 Å². The molecular formula is C12H16N3NaO6. The molecule has 10 heteroatoms. The number of nitrogens with zero attached hydrogens (tertiary/aromatic N) is 2. The third-order valence-electron chi connectivity index (χ3n) is 2.62. The fourth-order valence-corrected chi connectivity index (χ4v) is 1.38. The van der Waals surface area contributed by atoms with E-state index in [1.165, 1.54) is 0 Å². The molecule has 1 heterocycles. The predicted octanol–water partition coefficient (Wildman–Crippen LogP) is -6.65. The van der Waals surface area contributed by atoms with Gasteiger partial charge in [0.15, 0.2) is 0 Å². The average molecular weight is 321 g/mol. The SMILES string of the molecule is O=C([O-])[C@@H](O)[C@@H](O)[C@H](O)[C@@H](O)C=NNCc1ccncc1.[Na+]. The predicted molar refractivity (Wildman–Crippen MR) is 68.6 cm³/mol. The van der Waals surface area contributed by atoms with Crippen molar-refractivity contribution in [1.29, 1.82) is 0 Å². The van der Waals surface area contributed by atoms with E-state index in [2.05, 4.69) is 15.5 Å². The van der Waals surface area contributed by atoms with Crippen molar-refractivity contribution < 1.29 is 59.9 Å². The molecule has 22 heavy (non-hydrogen) atoms. The number of aromatic nitrogens is 1. The van der Waals surface area contributed by atoms with Gasteiger partial charge in [0.05, 0.1) is 18.7 Å². The molecule has 4 atom stereocenters. The van der Waals surface area contributed by atoms with E-state index in [4.69, 9.17) is 5.11 Å². The second kappa shape index (κ2) is 10.6. The van der Waals surface area contributed by atoms with Crippen molar-refractivity contribution in [3.8, 4) is 0 Å². The van der Waals surface area contributed by atoms with Gasteiger partial charge in [0, 0.05) is 12.4 Å². The number of carbonyl (C=O) groups excluding carboxylic acids is 1. The fraction of sp³-hybridized carbons (Fsp3) is 0.417. The Bertz CT molecular complexity index is 475. The molecule has 0 saturated heterocycles. The monoisotopic (exact) mass is 321 g/mol. The van der Waals surface area contributed by atoms with Gasteiger partial charge in [-0.3, -0.25) is 4.98 Å². The molecular weight excluding hydrogens is 305 g/mol. The largest absolute Gasteiger partial charge is 1.00 e. The maximum atomic E-state index is 10.3. The van der Waals surface area contributed by atoms with Crippen molar-refractivity contribution in [2.45, 2.75) is 31.0 Å². The first-order valence-corrected chi connectivity index (χ1v) is 6.01. The molecule has 9 nitrogen and oxygen atoms in total. The van der Waals surface area contributed by atoms with Crippen LogP contribution in [0.2, 0.25) is 0 Å². The molecule has 0 saturated carbocycles. The van der Waals surface area contributed by atoms with Crippen LogP contribution in [0.3, 0.4) is 0 Å². The normalized spacial score (nSPS) is 16.4. The van der Waals surface area contributed by atoms with E-state index in [9.17, 15) is 25.2 Å². The molecule has 5 N–H and O–H groups in total. The molecule has 1 aromatic rings. The van der Waals surface area contributed by atoms with Crippen molar-refractivity contribution in [1.82, 2.24) is 10.4 Å². The molecule has 0 spiro atoms. The smallest absolute Gasteiger partial charge is 0.547 e. The third-order valence-corrected chi connectivity index (χ3v) is 2.62. The minimum Gasteiger partial charge on any atom is -0.547 e. The number of carboxylic acid groups (broad SMARTS) is 1. The standard InChI is InChI=1S/C12H17N3O6.Na/c16-8(9(17)10(18)11(19)12(20)21)6-15-14-5-7-1-3-13-4-2-7;/h1-4,6,8-11,14,16-19H,5H2,(H,20,21);/q;+1/p-1/t8-,9+,10-,11-;/m0./s1. The van der Waals surface area contributed by atoms with E-state index in [0.29, 0.717) is 6.54 Å². The molecule has 0 aliphatic rings. The summed E-state index contributed by atoms with van der Waals surface area (Å²) in [6.45, 7) is 0.339. The maximum Gasteiger partial charge on any atom is 1.00 e. The summed E-state index contributed by atoms with van der Waals surface area (Å²) in [7, 11) is 0. The van der Waals surface area contributed by atoms with E-state index in [0.717, 1.165) is 11.8 Å². The quantitative estimate of drug-likeness (QED) is 0.179. The summed E-state index contributed by atoms with van der Waals surface area (Å²) in [5.41, 5.74) is 3.46. The fourth-order valence-electron chi connectivity index (χ4n) is 1.38. The Morgan fingerprint density at radius 1 is 1.27 bits per heavy atom. The number of hydrazone groups is 1. The summed E-state index contributed by atoms with van der Waals surface area (Å²) >= 11 is 0. The van der Waals surface area contributed by atoms with Crippen LogP contribution in [-0.2, 0) is 11.3 Å². The first kappa shape index (κ1) is 20.9. The number of aliphatic carboxylic acids is 1. The number of hydrogen-bond acceptors (Lipinski definition) is 9. The van der Waals surface area contributed by atoms with Crippen LogP contribution in [0.15, 0.2) is 29.6 Å². The summed E-state index contributed by atoms with van der Waals surface area (Å²) in [5.74, 6) is -1.96. The molecule has 0 unspecified atom stereocenters. The molecule has 0 aromatic carbocycles. The molecule has 1 aromatic heterocycles. The molecule has 1 rings (SSSR count). The minimum absolute atomic E-state index is 0. The number of carboxylic acids is 1. The number of aliphatic hydroxyl groups excluding tert-OH is 4. The molecule has 0 aliphatic carbocycles. The van der Waals surface area contributed by atoms with Gasteiger partial charge in [-0.05, 0) is 17.7 Å². The number of pyridine rings is 1. The molecule has 0 radical (unpaired) electrons. The second-order valence-corrected chi connectivity index (χ2v) is 4.20. The zero-order chi connectivity index (χ0) is 15.8. The van der Waals surface area contributed by atoms with Gasteiger partial charge < -0.3 is 35.8 Å². The summed E-state index contributed by atoms with van der Waals surface area (Å²) in [6.07, 6.45) is -3.95. The van der Waals surface area contributed by atoms with Crippen molar-refractivity contribution in [3.05, 3.63) is 30.1 Å². The topological polar surface area (TPSA) is 158 Å². The zero-order valence-corrected chi connectivity index (χ0v) is 13.9. The molecule has 0 fully saturated rings. The van der Waals surface area contributed by atoms with Gasteiger partial charge >= 0.3 is 29.6 Å². The van der Waals surface area contributed by atoms with Crippen LogP contribution in [0.5, 0.6) is 0 Å². The number of aliphatic hydroxyl groups is 4. The Hall–Kier alpha value is -1.07. The van der Waals surface area contributed by atoms with E-state index >= 15 is 0 Å². The third kappa shape index (κ3) is 6.79. The van der Waals surface area contributed by atoms with E-state index in [1.807, 2.05) is 0 Å². The second-order valence-electron chi connectivity index (χ2n) is 4.20. The summed E-state index contributed by atoms with van der Waals surface area (Å²) in [4.78, 5) is 14.2. The van der Waals surface area contributed by atoms with Gasteiger partial charge in [0.1, 0.15) is 24.4 Å². The zero-order valence-electron chi connectivity index (χ0n) is 11.9. The van der Waals surface area contributed by atoms with Crippen LogP contribution in [-0.4, -0.2) is 62.0 Å². The van der Waals surface area contributed by atoms with Gasteiger partial charge in [-0.25, -0.2) is 0 Å². The molecule has 0 amide bonds. The van der Waals surface area contributed by atoms with Gasteiger partial charge in [-0.1, -0.05) is 0 Å². The molecule has 116 valence electrons. The first-order valence-electron chi connectivity index (χ1n) is 6.01. The van der Waals surface area contributed by atoms with E-state index in [1.54, 1.807) is 24.5 Å². The van der Waals surface area contributed by atoms with Gasteiger partial charge in [0.25, 0.3) is 0 Å². The van der Waals surface area contributed by atoms with Crippen LogP contribution in [0.1, 0.15) is 5.56 Å². The maximum absolute atomic E-state index is 10.3.